The van der Waals surface area contributed by atoms with Crippen LogP contribution in [0.4, 0.5) is 4.79 Å². The summed E-state index contributed by atoms with van der Waals surface area (Å²) in [6.45, 7) is 7.29. The molecule has 0 aliphatic carbocycles. The lowest BCUT2D eigenvalue weighted by atomic mass is 10.1. The van der Waals surface area contributed by atoms with Crippen molar-refractivity contribution < 1.29 is 9.53 Å². The lowest BCUT2D eigenvalue weighted by molar-refractivity contribution is 0.0963. The van der Waals surface area contributed by atoms with Gasteiger partial charge in [-0.25, -0.2) is 4.79 Å². The van der Waals surface area contributed by atoms with Crippen LogP contribution in [0.2, 0.25) is 0 Å². The molecule has 1 saturated heterocycles. The quantitative estimate of drug-likeness (QED) is 0.528. The van der Waals surface area contributed by atoms with E-state index < -0.39 is 0 Å². The zero-order valence-corrected chi connectivity index (χ0v) is 16.8. The highest BCUT2D eigenvalue weighted by Gasteiger charge is 2.24. The van der Waals surface area contributed by atoms with Crippen LogP contribution in [-0.2, 0) is 11.2 Å². The summed E-state index contributed by atoms with van der Waals surface area (Å²) in [6, 6.07) is 8.66. The van der Waals surface area contributed by atoms with E-state index in [-0.39, 0.29) is 6.09 Å². The Morgan fingerprint density at radius 1 is 1.29 bits per heavy atom. The standard InChI is InChI=1S/C21H31N5O2/c1-3-22-20(25-17-10-13-26(14-11-17)21(27)28-4-2)23-12-9-16-15-24-19-8-6-5-7-18(16)19/h5-8,15,17,24H,3-4,9-14H2,1-2H3,(H2,22,23,25). The van der Waals surface area contributed by atoms with E-state index in [1.165, 1.54) is 16.5 Å². The van der Waals surface area contributed by atoms with E-state index in [9.17, 15) is 4.79 Å². The third-order valence-electron chi connectivity index (χ3n) is 5.03. The first kappa shape index (κ1) is 20.0. The Balaban J connectivity index is 1.51. The number of ether oxygens (including phenoxy) is 1. The van der Waals surface area contributed by atoms with Gasteiger partial charge in [0, 0.05) is 49.3 Å². The van der Waals surface area contributed by atoms with Crippen LogP contribution in [-0.4, -0.2) is 60.8 Å². The summed E-state index contributed by atoms with van der Waals surface area (Å²) >= 11 is 0. The van der Waals surface area contributed by atoms with Crippen LogP contribution >= 0.6 is 0 Å². The number of hydrogen-bond donors (Lipinski definition) is 3. The SMILES string of the molecule is CCNC(=NCCc1c[nH]c2ccccc12)NC1CCN(C(=O)OCC)CC1. The van der Waals surface area contributed by atoms with E-state index in [0.717, 1.165) is 38.3 Å². The molecule has 3 rings (SSSR count). The zero-order chi connectivity index (χ0) is 19.8. The van der Waals surface area contributed by atoms with Crippen molar-refractivity contribution in [3.63, 3.8) is 0 Å². The van der Waals surface area contributed by atoms with Crippen LogP contribution in [0.25, 0.3) is 10.9 Å². The average molecular weight is 386 g/mol. The number of likely N-dealkylation sites (tertiary alicyclic amines) is 1. The number of fused-ring (bicyclic) bond motifs is 1. The van der Waals surface area contributed by atoms with E-state index in [0.29, 0.717) is 25.7 Å². The topological polar surface area (TPSA) is 81.8 Å². The molecule has 1 fully saturated rings. The maximum atomic E-state index is 11.8. The molecule has 0 radical (unpaired) electrons. The molecule has 1 aliphatic rings. The van der Waals surface area contributed by atoms with E-state index in [2.05, 4.69) is 46.9 Å². The van der Waals surface area contributed by atoms with Gasteiger partial charge < -0.3 is 25.3 Å². The predicted molar refractivity (Wildman–Crippen MR) is 113 cm³/mol. The highest BCUT2D eigenvalue weighted by molar-refractivity contribution is 5.83. The van der Waals surface area contributed by atoms with Crippen LogP contribution in [0.5, 0.6) is 0 Å². The molecule has 1 aromatic heterocycles. The number of piperidine rings is 1. The molecule has 1 aliphatic heterocycles. The number of amides is 1. The molecule has 7 nitrogen and oxygen atoms in total. The average Bonchev–Trinajstić information content (AvgIpc) is 3.12. The normalized spacial score (nSPS) is 15.6. The molecule has 0 unspecified atom stereocenters. The number of aliphatic imine (C=N–C) groups is 1. The van der Waals surface area contributed by atoms with Crippen LogP contribution in [0.3, 0.4) is 0 Å². The van der Waals surface area contributed by atoms with Crippen LogP contribution < -0.4 is 10.6 Å². The maximum absolute atomic E-state index is 11.8. The summed E-state index contributed by atoms with van der Waals surface area (Å²) in [5.41, 5.74) is 2.46. The van der Waals surface area contributed by atoms with Crippen LogP contribution in [0, 0.1) is 0 Å². The molecule has 0 spiro atoms. The minimum Gasteiger partial charge on any atom is -0.450 e. The molecule has 7 heteroatoms. The molecule has 1 amide bonds. The van der Waals surface area contributed by atoms with E-state index >= 15 is 0 Å². The molecule has 2 aromatic rings. The Morgan fingerprint density at radius 3 is 2.82 bits per heavy atom. The molecule has 28 heavy (non-hydrogen) atoms. The third kappa shape index (κ3) is 5.18. The van der Waals surface area contributed by atoms with Gasteiger partial charge in [0.05, 0.1) is 6.61 Å². The molecule has 152 valence electrons. The summed E-state index contributed by atoms with van der Waals surface area (Å²) < 4.78 is 5.08. The molecule has 0 bridgehead atoms. The Morgan fingerprint density at radius 2 is 2.07 bits per heavy atom. The number of carbonyl (C=O) groups is 1. The number of aromatic amines is 1. The first-order valence-electron chi connectivity index (χ1n) is 10.2. The highest BCUT2D eigenvalue weighted by Crippen LogP contribution is 2.18. The lowest BCUT2D eigenvalue weighted by Gasteiger charge is -2.32. The van der Waals surface area contributed by atoms with Gasteiger partial charge in [-0.2, -0.15) is 0 Å². The first-order chi connectivity index (χ1) is 13.7. The summed E-state index contributed by atoms with van der Waals surface area (Å²) in [5, 5.41) is 8.11. The van der Waals surface area contributed by atoms with Crippen molar-refractivity contribution in [2.75, 3.05) is 32.8 Å². The molecular weight excluding hydrogens is 354 g/mol. The fourth-order valence-corrected chi connectivity index (χ4v) is 3.56. The molecule has 3 N–H and O–H groups in total. The number of carbonyl (C=O) groups excluding carboxylic acids is 1. The number of para-hydroxylation sites is 1. The fraction of sp³-hybridized carbons (Fsp3) is 0.524. The van der Waals surface area contributed by atoms with Crippen molar-refractivity contribution in [3.05, 3.63) is 36.0 Å². The molecule has 1 aromatic carbocycles. The van der Waals surface area contributed by atoms with Gasteiger partial charge in [-0.15, -0.1) is 0 Å². The highest BCUT2D eigenvalue weighted by atomic mass is 16.6. The van der Waals surface area contributed by atoms with Crippen molar-refractivity contribution in [1.82, 2.24) is 20.5 Å². The van der Waals surface area contributed by atoms with Gasteiger partial charge in [-0.05, 0) is 44.7 Å². The van der Waals surface area contributed by atoms with Crippen molar-refractivity contribution in [1.29, 1.82) is 0 Å². The second-order valence-corrected chi connectivity index (χ2v) is 6.97. The van der Waals surface area contributed by atoms with Crippen molar-refractivity contribution in [2.24, 2.45) is 4.99 Å². The van der Waals surface area contributed by atoms with Gasteiger partial charge in [-0.1, -0.05) is 18.2 Å². The van der Waals surface area contributed by atoms with E-state index in [1.54, 1.807) is 4.90 Å². The van der Waals surface area contributed by atoms with Gasteiger partial charge >= 0.3 is 6.09 Å². The Bertz CT molecular complexity index is 793. The van der Waals surface area contributed by atoms with Gasteiger partial charge in [0.15, 0.2) is 5.96 Å². The van der Waals surface area contributed by atoms with E-state index in [1.807, 2.05) is 13.0 Å². The second-order valence-electron chi connectivity index (χ2n) is 6.97. The molecular formula is C21H31N5O2. The number of hydrogen-bond acceptors (Lipinski definition) is 3. The van der Waals surface area contributed by atoms with Crippen molar-refractivity contribution in [3.8, 4) is 0 Å². The summed E-state index contributed by atoms with van der Waals surface area (Å²) in [6.07, 6.45) is 4.55. The lowest BCUT2D eigenvalue weighted by Crippen LogP contribution is -2.50. The number of nitrogens with zero attached hydrogens (tertiary/aromatic N) is 2. The molecule has 0 atom stereocenters. The fourth-order valence-electron chi connectivity index (χ4n) is 3.56. The van der Waals surface area contributed by atoms with Gasteiger partial charge in [-0.3, -0.25) is 4.99 Å². The summed E-state index contributed by atoms with van der Waals surface area (Å²) in [4.78, 5) is 21.7. The van der Waals surface area contributed by atoms with Crippen LogP contribution in [0.1, 0.15) is 32.3 Å². The summed E-state index contributed by atoms with van der Waals surface area (Å²) in [7, 11) is 0. The zero-order valence-electron chi connectivity index (χ0n) is 16.8. The Labute approximate surface area is 166 Å². The predicted octanol–water partition coefficient (Wildman–Crippen LogP) is 2.89. The van der Waals surface area contributed by atoms with Crippen molar-refractivity contribution >= 4 is 23.0 Å². The maximum Gasteiger partial charge on any atom is 0.409 e. The number of nitrogens with one attached hydrogen (secondary N) is 3. The Kier molecular flexibility index (Phi) is 7.17. The van der Waals surface area contributed by atoms with E-state index in [4.69, 9.17) is 9.73 Å². The molecule has 0 saturated carbocycles. The summed E-state index contributed by atoms with van der Waals surface area (Å²) in [5.74, 6) is 0.844. The number of aromatic nitrogens is 1. The largest absolute Gasteiger partial charge is 0.450 e. The number of benzene rings is 1. The second kappa shape index (κ2) is 10.0. The number of rotatable bonds is 6. The van der Waals surface area contributed by atoms with Crippen LogP contribution in [0.15, 0.2) is 35.5 Å². The van der Waals surface area contributed by atoms with Gasteiger partial charge in [0.2, 0.25) is 0 Å². The van der Waals surface area contributed by atoms with Gasteiger partial charge in [0.25, 0.3) is 0 Å². The smallest absolute Gasteiger partial charge is 0.409 e. The minimum absolute atomic E-state index is 0.208. The minimum atomic E-state index is -0.208. The first-order valence-corrected chi connectivity index (χ1v) is 10.2. The van der Waals surface area contributed by atoms with Crippen molar-refractivity contribution in [2.45, 2.75) is 39.2 Å². The number of guanidine groups is 1. The monoisotopic (exact) mass is 385 g/mol. The third-order valence-corrected chi connectivity index (χ3v) is 5.03. The van der Waals surface area contributed by atoms with Gasteiger partial charge in [0.1, 0.15) is 0 Å². The molecule has 2 heterocycles. The number of H-pyrrole nitrogens is 1. The Hall–Kier alpha value is -2.70.